The van der Waals surface area contributed by atoms with Crippen molar-refractivity contribution in [2.75, 3.05) is 20.3 Å². The third kappa shape index (κ3) is 4.71. The summed E-state index contributed by atoms with van der Waals surface area (Å²) in [6.07, 6.45) is 0. The average Bonchev–Trinajstić information content (AvgIpc) is 3.57. The summed E-state index contributed by atoms with van der Waals surface area (Å²) in [6.45, 7) is 5.98. The topological polar surface area (TPSA) is 88.2 Å². The molecular weight excluding hydrogens is 452 g/mol. The highest BCUT2D eigenvalue weighted by Crippen LogP contribution is 2.26. The van der Waals surface area contributed by atoms with Crippen LogP contribution in [0.4, 0.5) is 0 Å². The van der Waals surface area contributed by atoms with Gasteiger partial charge in [0.05, 0.1) is 23.2 Å². The molecule has 9 heteroatoms. The largest absolute Gasteiger partial charge is 0.451 e. The molecule has 4 aromatic rings. The summed E-state index contributed by atoms with van der Waals surface area (Å²) in [7, 11) is 1.65. The Morgan fingerprint density at radius 1 is 1.12 bits per heavy atom. The second-order valence-electron chi connectivity index (χ2n) is 7.94. The van der Waals surface area contributed by atoms with Crippen molar-refractivity contribution in [2.45, 2.75) is 26.8 Å². The van der Waals surface area contributed by atoms with E-state index in [0.717, 1.165) is 22.0 Å². The van der Waals surface area contributed by atoms with Crippen LogP contribution in [0.15, 0.2) is 53.9 Å². The third-order valence-corrected chi connectivity index (χ3v) is 6.37. The Labute approximate surface area is 201 Å². The second-order valence-corrected chi connectivity index (χ2v) is 8.89. The van der Waals surface area contributed by atoms with Gasteiger partial charge in [0.15, 0.2) is 12.4 Å². The maximum Gasteiger partial charge on any atom is 0.378 e. The van der Waals surface area contributed by atoms with Crippen molar-refractivity contribution in [3.63, 3.8) is 0 Å². The Kier molecular flexibility index (Phi) is 7.04. The summed E-state index contributed by atoms with van der Waals surface area (Å²) in [6, 6.07) is 15.1. The van der Waals surface area contributed by atoms with Crippen LogP contribution >= 0.6 is 11.3 Å². The van der Waals surface area contributed by atoms with Crippen LogP contribution in [-0.4, -0.2) is 51.4 Å². The van der Waals surface area contributed by atoms with Crippen LogP contribution in [0.3, 0.4) is 0 Å². The first-order chi connectivity index (χ1) is 16.4. The van der Waals surface area contributed by atoms with Gasteiger partial charge in [0.1, 0.15) is 0 Å². The summed E-state index contributed by atoms with van der Waals surface area (Å²) < 4.78 is 14.2. The molecule has 0 amide bonds. The van der Waals surface area contributed by atoms with Gasteiger partial charge in [-0.1, -0.05) is 24.3 Å². The maximum atomic E-state index is 12.9. The first-order valence-corrected chi connectivity index (χ1v) is 11.7. The SMILES string of the molecule is COCC(C)n1c(C)cc(C(=O)COC(=O)c2nc(-c3cccs3)n(-c3ccccc3)n2)c1C. The molecular formula is C25H26N4O4S. The molecule has 3 aromatic heterocycles. The van der Waals surface area contributed by atoms with Gasteiger partial charge in [0.25, 0.3) is 5.82 Å². The lowest BCUT2D eigenvalue weighted by Gasteiger charge is -2.17. The zero-order valence-corrected chi connectivity index (χ0v) is 20.3. The highest BCUT2D eigenvalue weighted by Gasteiger charge is 2.23. The van der Waals surface area contributed by atoms with E-state index in [1.165, 1.54) is 11.3 Å². The Bertz CT molecular complexity index is 1290. The molecule has 34 heavy (non-hydrogen) atoms. The lowest BCUT2D eigenvalue weighted by molar-refractivity contribution is 0.0462. The van der Waals surface area contributed by atoms with Crippen LogP contribution in [0.1, 0.15) is 45.3 Å². The first kappa shape index (κ1) is 23.6. The zero-order chi connectivity index (χ0) is 24.2. The van der Waals surface area contributed by atoms with E-state index in [1.807, 2.05) is 74.7 Å². The molecule has 0 N–H and O–H groups in total. The number of carbonyl (C=O) groups excluding carboxylic acids is 2. The number of aromatic nitrogens is 4. The van der Waals surface area contributed by atoms with E-state index in [2.05, 4.69) is 14.6 Å². The molecule has 1 atom stereocenters. The van der Waals surface area contributed by atoms with E-state index >= 15 is 0 Å². The smallest absolute Gasteiger partial charge is 0.378 e. The van der Waals surface area contributed by atoms with E-state index in [-0.39, 0.29) is 17.6 Å². The number of para-hydroxylation sites is 1. The number of benzene rings is 1. The van der Waals surface area contributed by atoms with E-state index in [1.54, 1.807) is 11.8 Å². The molecule has 0 spiro atoms. The fraction of sp³-hybridized carbons (Fsp3) is 0.280. The molecule has 0 radical (unpaired) electrons. The number of nitrogens with zero attached hydrogens (tertiary/aromatic N) is 4. The van der Waals surface area contributed by atoms with Gasteiger partial charge in [-0.15, -0.1) is 16.4 Å². The number of Topliss-reactive ketones (excluding diaryl/α,β-unsaturated/α-hetero) is 1. The molecule has 176 valence electrons. The standard InChI is InChI=1S/C25H26N4O4S/c1-16-13-20(18(3)28(16)17(2)14-32-4)21(30)15-33-25(31)23-26-24(22-11-8-12-34-22)29(27-23)19-9-6-5-7-10-19/h5-13,17H,14-15H2,1-4H3. The molecule has 0 aliphatic rings. The number of thiophene rings is 1. The number of ether oxygens (including phenoxy) is 2. The van der Waals surface area contributed by atoms with Gasteiger partial charge in [0.2, 0.25) is 5.78 Å². The summed E-state index contributed by atoms with van der Waals surface area (Å²) in [4.78, 5) is 30.9. The fourth-order valence-electron chi connectivity index (χ4n) is 4.04. The van der Waals surface area contributed by atoms with E-state index in [0.29, 0.717) is 18.0 Å². The Balaban J connectivity index is 1.53. The number of rotatable bonds is 9. The van der Waals surface area contributed by atoms with Crippen LogP contribution in [-0.2, 0) is 9.47 Å². The number of carbonyl (C=O) groups is 2. The van der Waals surface area contributed by atoms with Crippen molar-refractivity contribution in [3.05, 3.63) is 76.7 Å². The van der Waals surface area contributed by atoms with Gasteiger partial charge < -0.3 is 14.0 Å². The number of methoxy groups -OCH3 is 1. The molecule has 0 aliphatic carbocycles. The Morgan fingerprint density at radius 2 is 1.88 bits per heavy atom. The van der Waals surface area contributed by atoms with Crippen molar-refractivity contribution < 1.29 is 19.1 Å². The molecule has 0 bridgehead atoms. The second kappa shape index (κ2) is 10.1. The molecule has 4 rings (SSSR count). The Morgan fingerprint density at radius 3 is 2.56 bits per heavy atom. The van der Waals surface area contributed by atoms with Gasteiger partial charge in [-0.25, -0.2) is 9.48 Å². The van der Waals surface area contributed by atoms with Crippen LogP contribution in [0.5, 0.6) is 0 Å². The molecule has 8 nitrogen and oxygen atoms in total. The molecule has 1 unspecified atom stereocenters. The lowest BCUT2D eigenvalue weighted by atomic mass is 10.1. The number of hydrogen-bond acceptors (Lipinski definition) is 7. The number of ketones is 1. The van der Waals surface area contributed by atoms with Gasteiger partial charge >= 0.3 is 5.97 Å². The van der Waals surface area contributed by atoms with E-state index in [4.69, 9.17) is 9.47 Å². The zero-order valence-electron chi connectivity index (χ0n) is 19.5. The molecule has 0 saturated carbocycles. The summed E-state index contributed by atoms with van der Waals surface area (Å²) in [5, 5.41) is 6.31. The molecule has 0 fully saturated rings. The van der Waals surface area contributed by atoms with Crippen molar-refractivity contribution in [3.8, 4) is 16.4 Å². The summed E-state index contributed by atoms with van der Waals surface area (Å²) in [5.41, 5.74) is 3.05. The first-order valence-electron chi connectivity index (χ1n) is 10.8. The minimum atomic E-state index is -0.748. The van der Waals surface area contributed by atoms with Crippen LogP contribution < -0.4 is 0 Å². The van der Waals surface area contributed by atoms with Crippen molar-refractivity contribution in [1.82, 2.24) is 19.3 Å². The number of esters is 1. The minimum absolute atomic E-state index is 0.0796. The predicted molar refractivity (Wildman–Crippen MR) is 130 cm³/mol. The summed E-state index contributed by atoms with van der Waals surface area (Å²) >= 11 is 1.50. The highest BCUT2D eigenvalue weighted by molar-refractivity contribution is 7.13. The third-order valence-electron chi connectivity index (χ3n) is 5.50. The monoisotopic (exact) mass is 478 g/mol. The summed E-state index contributed by atoms with van der Waals surface area (Å²) in [5.74, 6) is -0.588. The van der Waals surface area contributed by atoms with Gasteiger partial charge in [-0.05, 0) is 50.4 Å². The number of aryl methyl sites for hydroxylation is 1. The van der Waals surface area contributed by atoms with Crippen LogP contribution in [0, 0.1) is 13.8 Å². The van der Waals surface area contributed by atoms with Crippen LogP contribution in [0.25, 0.3) is 16.4 Å². The van der Waals surface area contributed by atoms with E-state index < -0.39 is 12.6 Å². The molecule has 3 heterocycles. The molecule has 1 aromatic carbocycles. The molecule has 0 aliphatic heterocycles. The molecule has 0 saturated heterocycles. The van der Waals surface area contributed by atoms with Gasteiger partial charge in [-0.3, -0.25) is 4.79 Å². The van der Waals surface area contributed by atoms with Crippen molar-refractivity contribution >= 4 is 23.1 Å². The van der Waals surface area contributed by atoms with Crippen LogP contribution in [0.2, 0.25) is 0 Å². The van der Waals surface area contributed by atoms with Gasteiger partial charge in [0, 0.05) is 24.1 Å². The minimum Gasteiger partial charge on any atom is -0.451 e. The van der Waals surface area contributed by atoms with Crippen molar-refractivity contribution in [2.24, 2.45) is 0 Å². The predicted octanol–water partition coefficient (Wildman–Crippen LogP) is 4.66. The average molecular weight is 479 g/mol. The Hall–Kier alpha value is -3.56. The van der Waals surface area contributed by atoms with Gasteiger partial charge in [-0.2, -0.15) is 4.98 Å². The number of hydrogen-bond donors (Lipinski definition) is 0. The van der Waals surface area contributed by atoms with E-state index in [9.17, 15) is 9.59 Å². The lowest BCUT2D eigenvalue weighted by Crippen LogP contribution is -2.17. The maximum absolute atomic E-state index is 12.9. The van der Waals surface area contributed by atoms with Crippen molar-refractivity contribution in [1.29, 1.82) is 0 Å². The quantitative estimate of drug-likeness (QED) is 0.257. The highest BCUT2D eigenvalue weighted by atomic mass is 32.1. The normalized spacial score (nSPS) is 12.0. The fourth-order valence-corrected chi connectivity index (χ4v) is 4.74.